The van der Waals surface area contributed by atoms with E-state index in [9.17, 15) is 18.0 Å². The number of amides is 1. The normalized spacial score (nSPS) is 19.9. The highest BCUT2D eigenvalue weighted by atomic mass is 32.1. The number of rotatable bonds is 2. The molecule has 2 rings (SSSR count). The standard InChI is InChI=1S/C12H12F3NO2S/c1-18-10-4-7(2-3-9(10)12(13,14)15)16-6-8(19)5-11(16)17/h2-4,8,19H,5-6H2,1H3. The first-order valence-electron chi connectivity index (χ1n) is 5.56. The SMILES string of the molecule is COc1cc(N2CC(S)CC2=O)ccc1C(F)(F)F. The van der Waals surface area contributed by atoms with Gasteiger partial charge in [-0.25, -0.2) is 0 Å². The summed E-state index contributed by atoms with van der Waals surface area (Å²) in [5, 5.41) is -0.0965. The Hall–Kier alpha value is -1.37. The Balaban J connectivity index is 2.37. The first-order valence-corrected chi connectivity index (χ1v) is 6.08. The number of carbonyl (C=O) groups excluding carboxylic acids is 1. The molecule has 0 saturated carbocycles. The lowest BCUT2D eigenvalue weighted by atomic mass is 10.1. The van der Waals surface area contributed by atoms with Crippen LogP contribution >= 0.6 is 12.6 Å². The van der Waals surface area contributed by atoms with Crippen molar-refractivity contribution in [2.75, 3.05) is 18.6 Å². The first kappa shape index (κ1) is 14.0. The Morgan fingerprint density at radius 2 is 2.11 bits per heavy atom. The van der Waals surface area contributed by atoms with Crippen molar-refractivity contribution in [2.24, 2.45) is 0 Å². The number of ether oxygens (including phenoxy) is 1. The smallest absolute Gasteiger partial charge is 0.419 e. The summed E-state index contributed by atoms with van der Waals surface area (Å²) in [4.78, 5) is 13.1. The molecule has 1 aromatic carbocycles. The van der Waals surface area contributed by atoms with Crippen molar-refractivity contribution in [3.8, 4) is 5.75 Å². The minimum atomic E-state index is -4.48. The van der Waals surface area contributed by atoms with Crippen LogP contribution in [0.15, 0.2) is 18.2 Å². The second kappa shape index (κ2) is 4.96. The molecule has 1 heterocycles. The Morgan fingerprint density at radius 3 is 2.58 bits per heavy atom. The third-order valence-corrected chi connectivity index (χ3v) is 3.25. The molecule has 104 valence electrons. The molecule has 1 unspecified atom stereocenters. The molecule has 0 radical (unpaired) electrons. The van der Waals surface area contributed by atoms with Gasteiger partial charge in [-0.2, -0.15) is 25.8 Å². The van der Waals surface area contributed by atoms with Crippen LogP contribution in [0.5, 0.6) is 5.75 Å². The van der Waals surface area contributed by atoms with Gasteiger partial charge in [-0.1, -0.05) is 0 Å². The largest absolute Gasteiger partial charge is 0.496 e. The summed E-state index contributed by atoms with van der Waals surface area (Å²) in [7, 11) is 1.17. The maximum absolute atomic E-state index is 12.7. The van der Waals surface area contributed by atoms with Crippen LogP contribution in [-0.4, -0.2) is 24.8 Å². The maximum atomic E-state index is 12.7. The van der Waals surface area contributed by atoms with Gasteiger partial charge in [0.25, 0.3) is 0 Å². The molecule has 1 aliphatic heterocycles. The molecule has 7 heteroatoms. The van der Waals surface area contributed by atoms with E-state index in [1.54, 1.807) is 0 Å². The van der Waals surface area contributed by atoms with Gasteiger partial charge < -0.3 is 9.64 Å². The van der Waals surface area contributed by atoms with E-state index >= 15 is 0 Å². The summed E-state index contributed by atoms with van der Waals surface area (Å²) in [6.45, 7) is 0.385. The predicted octanol–water partition coefficient (Wildman–Crippen LogP) is 2.75. The van der Waals surface area contributed by atoms with Crippen LogP contribution in [0, 0.1) is 0 Å². The highest BCUT2D eigenvalue weighted by molar-refractivity contribution is 7.81. The molecule has 1 amide bonds. The summed E-state index contributed by atoms with van der Waals surface area (Å²) in [5.41, 5.74) is -0.459. The Morgan fingerprint density at radius 1 is 1.42 bits per heavy atom. The summed E-state index contributed by atoms with van der Waals surface area (Å²) < 4.78 is 42.9. The molecule has 3 nitrogen and oxygen atoms in total. The molecule has 0 bridgehead atoms. The molecule has 0 aliphatic carbocycles. The van der Waals surface area contributed by atoms with Crippen molar-refractivity contribution < 1.29 is 22.7 Å². The molecule has 1 aliphatic rings. The molecule has 1 saturated heterocycles. The lowest BCUT2D eigenvalue weighted by molar-refractivity contribution is -0.138. The zero-order valence-corrected chi connectivity index (χ0v) is 11.0. The third kappa shape index (κ3) is 2.80. The molecule has 0 N–H and O–H groups in total. The Bertz CT molecular complexity index is 504. The summed E-state index contributed by atoms with van der Waals surface area (Å²) in [6.07, 6.45) is -4.20. The molecule has 19 heavy (non-hydrogen) atoms. The molecular formula is C12H12F3NO2S. The van der Waals surface area contributed by atoms with Crippen molar-refractivity contribution in [1.82, 2.24) is 0 Å². The quantitative estimate of drug-likeness (QED) is 0.849. The van der Waals surface area contributed by atoms with Crippen molar-refractivity contribution in [1.29, 1.82) is 0 Å². The second-order valence-corrected chi connectivity index (χ2v) is 4.97. The molecular weight excluding hydrogens is 279 g/mol. The van der Waals surface area contributed by atoms with Crippen LogP contribution in [0.4, 0.5) is 18.9 Å². The van der Waals surface area contributed by atoms with Crippen LogP contribution in [0.25, 0.3) is 0 Å². The van der Waals surface area contributed by atoms with Crippen molar-refractivity contribution in [3.63, 3.8) is 0 Å². The third-order valence-electron chi connectivity index (χ3n) is 2.91. The van der Waals surface area contributed by atoms with E-state index in [4.69, 9.17) is 4.74 Å². The van der Waals surface area contributed by atoms with Gasteiger partial charge in [0.2, 0.25) is 5.91 Å². The lowest BCUT2D eigenvalue weighted by Gasteiger charge is -2.19. The Labute approximate surface area is 113 Å². The number of carbonyl (C=O) groups is 1. The van der Waals surface area contributed by atoms with Gasteiger partial charge >= 0.3 is 6.18 Å². The molecule has 0 aromatic heterocycles. The van der Waals surface area contributed by atoms with Gasteiger partial charge in [-0.3, -0.25) is 4.79 Å². The summed E-state index contributed by atoms with van der Waals surface area (Å²) >= 11 is 4.20. The molecule has 1 aromatic rings. The zero-order chi connectivity index (χ0) is 14.2. The fourth-order valence-corrected chi connectivity index (χ4v) is 2.34. The van der Waals surface area contributed by atoms with Crippen molar-refractivity contribution >= 4 is 24.2 Å². The van der Waals surface area contributed by atoms with Gasteiger partial charge in [-0.05, 0) is 12.1 Å². The summed E-state index contributed by atoms with van der Waals surface area (Å²) in [5.74, 6) is -0.442. The molecule has 0 spiro atoms. The number of hydrogen-bond donors (Lipinski definition) is 1. The van der Waals surface area contributed by atoms with Gasteiger partial charge in [0, 0.05) is 30.0 Å². The van der Waals surface area contributed by atoms with Crippen LogP contribution < -0.4 is 9.64 Å². The number of nitrogens with zero attached hydrogens (tertiary/aromatic N) is 1. The van der Waals surface area contributed by atoms with Gasteiger partial charge in [-0.15, -0.1) is 0 Å². The second-order valence-electron chi connectivity index (χ2n) is 4.24. The monoisotopic (exact) mass is 291 g/mol. The lowest BCUT2D eigenvalue weighted by Crippen LogP contribution is -2.24. The van der Waals surface area contributed by atoms with E-state index in [2.05, 4.69) is 12.6 Å². The van der Waals surface area contributed by atoms with Crippen LogP contribution in [0.3, 0.4) is 0 Å². The van der Waals surface area contributed by atoms with Crippen LogP contribution in [0.2, 0.25) is 0 Å². The highest BCUT2D eigenvalue weighted by Crippen LogP contribution is 2.38. The minimum absolute atomic E-state index is 0.0965. The van der Waals surface area contributed by atoms with Gasteiger partial charge in [0.15, 0.2) is 0 Å². The van der Waals surface area contributed by atoms with E-state index < -0.39 is 11.7 Å². The van der Waals surface area contributed by atoms with E-state index in [0.717, 1.165) is 6.07 Å². The molecule has 1 atom stereocenters. The zero-order valence-electron chi connectivity index (χ0n) is 10.1. The number of hydrogen-bond acceptors (Lipinski definition) is 3. The highest BCUT2D eigenvalue weighted by Gasteiger charge is 2.35. The number of halogens is 3. The van der Waals surface area contributed by atoms with Crippen molar-refractivity contribution in [3.05, 3.63) is 23.8 Å². The number of thiol groups is 1. The Kier molecular flexibility index (Phi) is 3.66. The molecule has 1 fully saturated rings. The average Bonchev–Trinajstić information content (AvgIpc) is 2.66. The maximum Gasteiger partial charge on any atom is 0.419 e. The van der Waals surface area contributed by atoms with E-state index in [0.29, 0.717) is 12.2 Å². The summed E-state index contributed by atoms with van der Waals surface area (Å²) in [6, 6.07) is 3.43. The number of alkyl halides is 3. The van der Waals surface area contributed by atoms with Gasteiger partial charge in [0.1, 0.15) is 5.75 Å². The minimum Gasteiger partial charge on any atom is -0.496 e. The number of benzene rings is 1. The number of anilines is 1. The fraction of sp³-hybridized carbons (Fsp3) is 0.417. The number of methoxy groups -OCH3 is 1. The van der Waals surface area contributed by atoms with E-state index in [1.165, 1.54) is 24.1 Å². The van der Waals surface area contributed by atoms with E-state index in [1.807, 2.05) is 0 Å². The van der Waals surface area contributed by atoms with Crippen LogP contribution in [-0.2, 0) is 11.0 Å². The average molecular weight is 291 g/mol. The fourth-order valence-electron chi connectivity index (χ4n) is 2.02. The van der Waals surface area contributed by atoms with E-state index in [-0.39, 0.29) is 23.3 Å². The van der Waals surface area contributed by atoms with Crippen molar-refractivity contribution in [2.45, 2.75) is 17.8 Å². The first-order chi connectivity index (χ1) is 8.82. The van der Waals surface area contributed by atoms with Crippen LogP contribution in [0.1, 0.15) is 12.0 Å². The van der Waals surface area contributed by atoms with Gasteiger partial charge in [0.05, 0.1) is 12.7 Å². The topological polar surface area (TPSA) is 29.5 Å². The predicted molar refractivity (Wildman–Crippen MR) is 67.7 cm³/mol.